The number of amides is 2. The first-order valence-corrected chi connectivity index (χ1v) is 10.7. The number of hydrogen-bond donors (Lipinski definition) is 1. The highest BCUT2D eigenvalue weighted by Gasteiger charge is 2.43. The summed E-state index contributed by atoms with van der Waals surface area (Å²) in [6, 6.07) is 6.97. The monoisotopic (exact) mass is 499 g/mol. The van der Waals surface area contributed by atoms with Gasteiger partial charge in [-0.2, -0.15) is 13.2 Å². The van der Waals surface area contributed by atoms with Crippen molar-refractivity contribution in [1.29, 1.82) is 0 Å². The first kappa shape index (κ1) is 23.7. The van der Waals surface area contributed by atoms with Crippen LogP contribution in [0.1, 0.15) is 28.0 Å². The second kappa shape index (κ2) is 8.75. The van der Waals surface area contributed by atoms with Crippen molar-refractivity contribution < 1.29 is 35.9 Å². The number of rotatable bonds is 4. The van der Waals surface area contributed by atoms with E-state index in [1.165, 1.54) is 30.5 Å². The van der Waals surface area contributed by atoms with Crippen molar-refractivity contribution in [1.82, 2.24) is 9.88 Å². The van der Waals surface area contributed by atoms with E-state index in [1.807, 2.05) is 0 Å². The number of fused-ring (bicyclic) bond motifs is 2. The Balaban J connectivity index is 1.63. The van der Waals surface area contributed by atoms with Crippen LogP contribution in [-0.4, -0.2) is 28.0 Å². The summed E-state index contributed by atoms with van der Waals surface area (Å²) in [7, 11) is 0. The van der Waals surface area contributed by atoms with Gasteiger partial charge < -0.3 is 5.32 Å². The summed E-state index contributed by atoms with van der Waals surface area (Å²) < 4.78 is 82.2. The van der Waals surface area contributed by atoms with Crippen LogP contribution in [0.15, 0.2) is 42.6 Å². The summed E-state index contributed by atoms with van der Waals surface area (Å²) in [5.41, 5.74) is -0.217. The number of thiophene rings is 1. The third-order valence-electron chi connectivity index (χ3n) is 5.11. The van der Waals surface area contributed by atoms with Gasteiger partial charge in [-0.25, -0.2) is 9.88 Å². The fraction of sp³-hybridized carbons (Fsp3) is 0.227. The number of alkyl halides is 6. The van der Waals surface area contributed by atoms with Crippen LogP contribution in [0.25, 0.3) is 16.2 Å². The lowest BCUT2D eigenvalue weighted by Crippen LogP contribution is -2.41. The number of hydrogen-bond acceptors (Lipinski definition) is 4. The third kappa shape index (κ3) is 4.91. The molecule has 178 valence electrons. The molecule has 3 aromatic rings. The van der Waals surface area contributed by atoms with E-state index in [9.17, 15) is 35.9 Å². The van der Waals surface area contributed by atoms with Crippen LogP contribution in [0.2, 0.25) is 0 Å². The predicted molar refractivity (Wildman–Crippen MR) is 114 cm³/mol. The first-order valence-electron chi connectivity index (χ1n) is 9.86. The quantitative estimate of drug-likeness (QED) is 0.282. The zero-order valence-electron chi connectivity index (χ0n) is 17.1. The Kier molecular flexibility index (Phi) is 6.11. The molecule has 1 aliphatic rings. The molecule has 1 N–H and O–H groups in total. The Bertz CT molecular complexity index is 1300. The molecule has 2 aromatic heterocycles. The van der Waals surface area contributed by atoms with Crippen molar-refractivity contribution >= 4 is 45.1 Å². The van der Waals surface area contributed by atoms with E-state index < -0.39 is 40.3 Å². The number of halogens is 6. The van der Waals surface area contributed by atoms with Gasteiger partial charge in [0.25, 0.3) is 5.91 Å². The van der Waals surface area contributed by atoms with Crippen molar-refractivity contribution in [2.45, 2.75) is 31.9 Å². The number of aromatic nitrogens is 1. The molecule has 0 atom stereocenters. The molecular formula is C22H15F6N3O2S. The molecule has 0 saturated carbocycles. The largest absolute Gasteiger partial charge is 0.487 e. The maximum Gasteiger partial charge on any atom is 0.487 e. The minimum absolute atomic E-state index is 0.169. The Labute approximate surface area is 192 Å². The van der Waals surface area contributed by atoms with Gasteiger partial charge in [-0.1, -0.05) is 18.2 Å². The molecule has 1 aromatic carbocycles. The number of carbonyl (C=O) groups excluding carboxylic acids is 2. The van der Waals surface area contributed by atoms with E-state index in [4.69, 9.17) is 0 Å². The summed E-state index contributed by atoms with van der Waals surface area (Å²) in [5.74, 6) is -1.40. The molecular weight excluding hydrogens is 484 g/mol. The van der Waals surface area contributed by atoms with Gasteiger partial charge in [-0.05, 0) is 35.8 Å². The molecule has 3 heterocycles. The Morgan fingerprint density at radius 2 is 1.88 bits per heavy atom. The standard InChI is InChI=1S/C22H15F6N3O2S/c23-21(24,25)19-14-3-1-2-4-15(14)34-16(19)11-31(22(26,27)28)18(33)8-5-12-9-13-6-7-17(32)30-20(13)29-10-12/h1-5,8-10H,6-7,11H2,(H,29,30,32)/b8-5+. The fourth-order valence-electron chi connectivity index (χ4n) is 3.58. The average Bonchev–Trinajstić information content (AvgIpc) is 3.13. The SMILES string of the molecule is O=C1CCc2cc(/C=C/C(=O)N(Cc3sc4ccccc4c3C(F)(F)F)C(F)(F)F)cnc2N1. The van der Waals surface area contributed by atoms with Gasteiger partial charge in [-0.3, -0.25) is 9.59 Å². The van der Waals surface area contributed by atoms with E-state index >= 15 is 0 Å². The molecule has 12 heteroatoms. The highest BCUT2D eigenvalue weighted by atomic mass is 32.1. The number of nitrogens with one attached hydrogen (secondary N) is 1. The van der Waals surface area contributed by atoms with E-state index in [1.54, 1.807) is 6.07 Å². The lowest BCUT2D eigenvalue weighted by molar-refractivity contribution is -0.241. The lowest BCUT2D eigenvalue weighted by Gasteiger charge is -2.24. The molecule has 0 saturated heterocycles. The molecule has 5 nitrogen and oxygen atoms in total. The van der Waals surface area contributed by atoms with Gasteiger partial charge in [0, 0.05) is 33.7 Å². The van der Waals surface area contributed by atoms with E-state index in [0.717, 1.165) is 6.08 Å². The summed E-state index contributed by atoms with van der Waals surface area (Å²) in [6.45, 7) is -1.28. The maximum absolute atomic E-state index is 13.7. The summed E-state index contributed by atoms with van der Waals surface area (Å²) >= 11 is 0.560. The Morgan fingerprint density at radius 1 is 1.15 bits per heavy atom. The van der Waals surface area contributed by atoms with Crippen molar-refractivity contribution in [2.75, 3.05) is 5.32 Å². The van der Waals surface area contributed by atoms with E-state index in [-0.39, 0.29) is 22.4 Å². The minimum atomic E-state index is -5.21. The Morgan fingerprint density at radius 3 is 2.59 bits per heavy atom. The molecule has 0 fully saturated rings. The minimum Gasteiger partial charge on any atom is -0.310 e. The van der Waals surface area contributed by atoms with Crippen LogP contribution in [0.3, 0.4) is 0 Å². The van der Waals surface area contributed by atoms with Crippen molar-refractivity contribution in [2.24, 2.45) is 0 Å². The molecule has 0 aliphatic carbocycles. The number of carbonyl (C=O) groups is 2. The zero-order valence-corrected chi connectivity index (χ0v) is 17.9. The van der Waals surface area contributed by atoms with Gasteiger partial charge in [-0.15, -0.1) is 24.5 Å². The van der Waals surface area contributed by atoms with Gasteiger partial charge in [0.2, 0.25) is 5.91 Å². The third-order valence-corrected chi connectivity index (χ3v) is 6.27. The second-order valence-electron chi connectivity index (χ2n) is 7.44. The smallest absolute Gasteiger partial charge is 0.310 e. The maximum atomic E-state index is 13.7. The second-order valence-corrected chi connectivity index (χ2v) is 8.58. The summed E-state index contributed by atoms with van der Waals surface area (Å²) in [5, 5.41) is 2.34. The molecule has 2 amide bonds. The van der Waals surface area contributed by atoms with Crippen molar-refractivity contribution in [3.05, 3.63) is 64.2 Å². The lowest BCUT2D eigenvalue weighted by atomic mass is 10.0. The normalized spacial score (nSPS) is 14.4. The molecule has 0 spiro atoms. The molecule has 0 radical (unpaired) electrons. The number of pyridine rings is 1. The number of aryl methyl sites for hydroxylation is 1. The molecule has 0 bridgehead atoms. The molecule has 34 heavy (non-hydrogen) atoms. The number of nitrogens with zero attached hydrogens (tertiary/aromatic N) is 2. The Hall–Kier alpha value is -3.41. The van der Waals surface area contributed by atoms with Crippen molar-refractivity contribution in [3.8, 4) is 0 Å². The van der Waals surface area contributed by atoms with E-state index in [0.29, 0.717) is 40.8 Å². The summed E-state index contributed by atoms with van der Waals surface area (Å²) in [6.07, 6.45) is -6.50. The van der Waals surface area contributed by atoms with Crippen molar-refractivity contribution in [3.63, 3.8) is 0 Å². The van der Waals surface area contributed by atoms with Crippen LogP contribution in [0.4, 0.5) is 32.2 Å². The van der Waals surface area contributed by atoms with Gasteiger partial charge in [0.1, 0.15) is 5.82 Å². The van der Waals surface area contributed by atoms with Crippen LogP contribution in [0.5, 0.6) is 0 Å². The van der Waals surface area contributed by atoms with Crippen LogP contribution in [-0.2, 0) is 28.7 Å². The molecule has 1 aliphatic heterocycles. The average molecular weight is 499 g/mol. The highest BCUT2D eigenvalue weighted by Crippen LogP contribution is 2.43. The van der Waals surface area contributed by atoms with Crippen LogP contribution < -0.4 is 5.32 Å². The van der Waals surface area contributed by atoms with Gasteiger partial charge in [0.15, 0.2) is 0 Å². The van der Waals surface area contributed by atoms with Crippen LogP contribution >= 0.6 is 11.3 Å². The van der Waals surface area contributed by atoms with Gasteiger partial charge >= 0.3 is 12.5 Å². The topological polar surface area (TPSA) is 62.3 Å². The first-order chi connectivity index (χ1) is 15.9. The summed E-state index contributed by atoms with van der Waals surface area (Å²) in [4.78, 5) is 26.7. The van der Waals surface area contributed by atoms with Crippen LogP contribution in [0, 0.1) is 0 Å². The molecule has 4 rings (SSSR count). The highest BCUT2D eigenvalue weighted by molar-refractivity contribution is 7.19. The zero-order chi connectivity index (χ0) is 24.7. The van der Waals surface area contributed by atoms with E-state index in [2.05, 4.69) is 10.3 Å². The number of benzene rings is 1. The number of anilines is 1. The van der Waals surface area contributed by atoms with Gasteiger partial charge in [0.05, 0.1) is 12.1 Å². The fourth-order valence-corrected chi connectivity index (χ4v) is 4.79. The predicted octanol–water partition coefficient (Wildman–Crippen LogP) is 5.76. The molecule has 0 unspecified atom stereocenters.